The summed E-state index contributed by atoms with van der Waals surface area (Å²) in [6, 6.07) is -3.27. The van der Waals surface area contributed by atoms with Crippen molar-refractivity contribution in [1.29, 1.82) is 5.41 Å². The number of nitrogens with one attached hydrogen (secondary N) is 2. The van der Waals surface area contributed by atoms with Crippen LogP contribution in [0.25, 0.3) is 0 Å². The maximum Gasteiger partial charge on any atom is 0.418 e. The molecule has 0 aliphatic carbocycles. The third kappa shape index (κ3) is 6.27. The molecule has 3 rings (SSSR count). The van der Waals surface area contributed by atoms with Gasteiger partial charge in [-0.05, 0) is 0 Å². The second kappa shape index (κ2) is 11.1. The van der Waals surface area contributed by atoms with Crippen LogP contribution in [0.3, 0.4) is 0 Å². The van der Waals surface area contributed by atoms with Crippen molar-refractivity contribution in [2.24, 2.45) is 0 Å². The smallest absolute Gasteiger partial charge is 0.418 e. The van der Waals surface area contributed by atoms with E-state index in [1.54, 1.807) is 0 Å². The summed E-state index contributed by atoms with van der Waals surface area (Å²) in [5, 5.41) is 20.4. The van der Waals surface area contributed by atoms with Gasteiger partial charge in [0.05, 0.1) is 23.0 Å². The maximum atomic E-state index is 12.9. The van der Waals surface area contributed by atoms with E-state index < -0.39 is 47.2 Å². The first-order valence-electron chi connectivity index (χ1n) is 10.8. The second-order valence-corrected chi connectivity index (χ2v) is 10.5. The summed E-state index contributed by atoms with van der Waals surface area (Å²) in [6.07, 6.45) is 0.471. The molecular formula is C17H24B2N7O9S2. The minimum Gasteiger partial charge on any atom is -0.450 e. The Hall–Kier alpha value is -3.06. The van der Waals surface area contributed by atoms with Crippen molar-refractivity contribution >= 4 is 65.9 Å². The first-order valence-corrected chi connectivity index (χ1v) is 13.0. The van der Waals surface area contributed by atoms with Crippen molar-refractivity contribution in [3.8, 4) is 0 Å². The van der Waals surface area contributed by atoms with Gasteiger partial charge in [-0.3, -0.25) is 19.6 Å². The van der Waals surface area contributed by atoms with E-state index in [1.807, 2.05) is 0 Å². The highest BCUT2D eigenvalue weighted by atomic mass is 32.3. The number of aromatic nitrogens is 1. The van der Waals surface area contributed by atoms with Crippen molar-refractivity contribution in [2.45, 2.75) is 25.2 Å². The van der Waals surface area contributed by atoms with E-state index in [0.717, 1.165) is 23.7 Å². The number of rotatable bonds is 11. The number of nitrogens with zero attached hydrogens (tertiary/aromatic N) is 5. The van der Waals surface area contributed by atoms with Crippen LogP contribution in [0.1, 0.15) is 32.5 Å². The summed E-state index contributed by atoms with van der Waals surface area (Å²) in [5.41, 5.74) is 0.0783. The van der Waals surface area contributed by atoms with Crippen LogP contribution in [-0.2, 0) is 24.3 Å². The molecule has 1 aromatic rings. The molecule has 4 N–H and O–H groups in total. The van der Waals surface area contributed by atoms with Crippen molar-refractivity contribution in [3.05, 3.63) is 15.6 Å². The summed E-state index contributed by atoms with van der Waals surface area (Å²) in [7, 11) is -1.05. The maximum absolute atomic E-state index is 12.9. The number of thiazole rings is 1. The predicted octanol–water partition coefficient (Wildman–Crippen LogP) is -1.77. The first kappa shape index (κ1) is 28.5. The lowest BCUT2D eigenvalue weighted by Gasteiger charge is -2.30. The number of amides is 4. The summed E-state index contributed by atoms with van der Waals surface area (Å²) < 4.78 is 36.2. The SMILES string of the molecule is CB(O)CC(=N)N([B]C=O)CCNC(=O)c1nc2c(s1)C1CN(C(=O)N1OS(=O)(=O)O)[C@@H]2C(=O)N(C)C. The molecule has 2 aliphatic rings. The molecule has 37 heavy (non-hydrogen) atoms. The number of fused-ring (bicyclic) bond motifs is 4. The van der Waals surface area contributed by atoms with Crippen LogP contribution in [0, 0.1) is 5.41 Å². The third-order valence-corrected chi connectivity index (χ3v) is 6.92. The van der Waals surface area contributed by atoms with Crippen LogP contribution >= 0.6 is 11.3 Å². The molecule has 1 fully saturated rings. The van der Waals surface area contributed by atoms with E-state index in [-0.39, 0.29) is 47.4 Å². The molecule has 0 aromatic carbocycles. The molecule has 3 heterocycles. The lowest BCUT2D eigenvalue weighted by Crippen LogP contribution is -2.43. The van der Waals surface area contributed by atoms with Gasteiger partial charge in [-0.25, -0.2) is 9.78 Å². The molecule has 1 aromatic heterocycles. The Balaban J connectivity index is 1.82. The zero-order chi connectivity index (χ0) is 27.7. The average Bonchev–Trinajstić information content (AvgIpc) is 3.34. The second-order valence-electron chi connectivity index (χ2n) is 8.42. The Morgan fingerprint density at radius 1 is 1.43 bits per heavy atom. The van der Waals surface area contributed by atoms with Gasteiger partial charge in [0, 0.05) is 33.5 Å². The van der Waals surface area contributed by atoms with Gasteiger partial charge < -0.3 is 29.7 Å². The number of hydrogen-bond acceptors (Lipinski definition) is 11. The molecule has 1 radical (unpaired) electrons. The molecule has 4 amide bonds. The minimum absolute atomic E-state index is 0.00246. The van der Waals surface area contributed by atoms with Crippen LogP contribution in [0.2, 0.25) is 13.1 Å². The number of hydrogen-bond donors (Lipinski definition) is 4. The summed E-state index contributed by atoms with van der Waals surface area (Å²) in [4.78, 5) is 57.4. The molecule has 1 unspecified atom stereocenters. The van der Waals surface area contributed by atoms with Crippen molar-refractivity contribution < 1.29 is 41.5 Å². The molecule has 20 heteroatoms. The van der Waals surface area contributed by atoms with Crippen LogP contribution < -0.4 is 5.32 Å². The monoisotopic (exact) mass is 556 g/mol. The van der Waals surface area contributed by atoms with E-state index >= 15 is 0 Å². The van der Waals surface area contributed by atoms with Gasteiger partial charge in [0.25, 0.3) is 18.7 Å². The Labute approximate surface area is 217 Å². The molecule has 1 saturated heterocycles. The van der Waals surface area contributed by atoms with Gasteiger partial charge in [-0.2, -0.15) is 13.5 Å². The molecular weight excluding hydrogens is 532 g/mol. The van der Waals surface area contributed by atoms with Gasteiger partial charge in [0.1, 0.15) is 12.2 Å². The topological polar surface area (TPSA) is 214 Å². The van der Waals surface area contributed by atoms with Crippen molar-refractivity contribution in [2.75, 3.05) is 33.7 Å². The fourth-order valence-corrected chi connectivity index (χ4v) is 5.30. The summed E-state index contributed by atoms with van der Waals surface area (Å²) in [5.74, 6) is -1.22. The quantitative estimate of drug-likeness (QED) is 0.0787. The molecule has 2 aliphatic heterocycles. The number of hydroxylamine groups is 2. The molecule has 0 spiro atoms. The van der Waals surface area contributed by atoms with E-state index in [2.05, 4.69) is 14.6 Å². The first-order chi connectivity index (χ1) is 17.2. The lowest BCUT2D eigenvalue weighted by molar-refractivity contribution is -0.133. The molecule has 16 nitrogen and oxygen atoms in total. The van der Waals surface area contributed by atoms with Gasteiger partial charge in [0.2, 0.25) is 0 Å². The number of likely N-dealkylation sites (N-methyl/N-ethyl adjacent to an activating group) is 1. The van der Waals surface area contributed by atoms with E-state index in [0.29, 0.717) is 11.2 Å². The Morgan fingerprint density at radius 2 is 2.11 bits per heavy atom. The number of carbonyl (C=O) groups is 4. The van der Waals surface area contributed by atoms with E-state index in [9.17, 15) is 32.6 Å². The molecule has 0 saturated carbocycles. The molecule has 199 valence electrons. The lowest BCUT2D eigenvalue weighted by atomic mass is 9.67. The van der Waals surface area contributed by atoms with Crippen molar-refractivity contribution in [1.82, 2.24) is 30.0 Å². The zero-order valence-electron chi connectivity index (χ0n) is 20.0. The fourth-order valence-electron chi connectivity index (χ4n) is 3.84. The summed E-state index contributed by atoms with van der Waals surface area (Å²) in [6.45, 7) is 0.584. The summed E-state index contributed by atoms with van der Waals surface area (Å²) >= 11 is 0.827. The Bertz CT molecular complexity index is 1210. The largest absolute Gasteiger partial charge is 0.450 e. The van der Waals surface area contributed by atoms with Gasteiger partial charge in [-0.1, -0.05) is 6.82 Å². The van der Waals surface area contributed by atoms with Crippen LogP contribution in [-0.4, -0.2) is 121 Å². The minimum atomic E-state index is -5.06. The van der Waals surface area contributed by atoms with Crippen LogP contribution in [0.15, 0.2) is 0 Å². The third-order valence-electron chi connectivity index (χ3n) is 5.40. The van der Waals surface area contributed by atoms with Gasteiger partial charge in [-0.15, -0.1) is 15.6 Å². The molecule has 2 bridgehead atoms. The van der Waals surface area contributed by atoms with Crippen LogP contribution in [0.4, 0.5) is 4.79 Å². The highest BCUT2D eigenvalue weighted by Crippen LogP contribution is 2.46. The zero-order valence-corrected chi connectivity index (χ0v) is 21.7. The van der Waals surface area contributed by atoms with Gasteiger partial charge in [0.15, 0.2) is 11.0 Å². The average molecular weight is 556 g/mol. The number of urea groups is 1. The van der Waals surface area contributed by atoms with Crippen LogP contribution in [0.5, 0.6) is 0 Å². The van der Waals surface area contributed by atoms with E-state index in [1.165, 1.54) is 30.6 Å². The van der Waals surface area contributed by atoms with Crippen molar-refractivity contribution in [3.63, 3.8) is 0 Å². The Morgan fingerprint density at radius 3 is 2.68 bits per heavy atom. The van der Waals surface area contributed by atoms with E-state index in [4.69, 9.17) is 9.96 Å². The number of amidine groups is 1. The highest BCUT2D eigenvalue weighted by molar-refractivity contribution is 7.80. The highest BCUT2D eigenvalue weighted by Gasteiger charge is 2.54. The fraction of sp³-hybridized carbons (Fsp3) is 0.529. The number of carbonyl (C=O) groups excluding carboxylic acids is 4. The normalized spacial score (nSPS) is 18.2. The molecule has 2 atom stereocenters. The standard InChI is InChI=1S/C17H24B2N7O9S2/c1-19(31)6-10(20)25(18-8-27)5-4-21-14(28)15-22-11-12(16(29)23(2)3)24-7-9(13(11)36-15)26(17(24)30)35-37(32,33)34/h8-9,12,20,31H,4-7H2,1-3H3,(H,21,28)(H,32,33,34)/t9?,12-/m0/s1. The van der Waals surface area contributed by atoms with Gasteiger partial charge >= 0.3 is 23.8 Å². The Kier molecular flexibility index (Phi) is 8.58. The predicted molar refractivity (Wildman–Crippen MR) is 131 cm³/mol.